The molecule has 0 bridgehead atoms. The van der Waals surface area contributed by atoms with Crippen LogP contribution in [0.5, 0.6) is 5.75 Å². The molecule has 3 nitrogen and oxygen atoms in total. The zero-order valence-corrected chi connectivity index (χ0v) is 12.1. The topological polar surface area (TPSA) is 24.5 Å². The number of benzene rings is 1. The van der Waals surface area contributed by atoms with E-state index in [-0.39, 0.29) is 0 Å². The Kier molecular flexibility index (Phi) is 5.67. The molecule has 0 radical (unpaired) electrons. The molecule has 1 aliphatic heterocycles. The standard InChI is InChI=1S/C16H26N2O/c1-3-17-16-9-10-18(13-14(16)2)11-12-19-15-7-5-4-6-8-15/h4-8,14,16-17H,3,9-13H2,1-2H3. The molecule has 0 saturated carbocycles. The number of nitrogens with one attached hydrogen (secondary N) is 1. The van der Waals surface area contributed by atoms with E-state index in [1.54, 1.807) is 0 Å². The molecular formula is C16H26N2O. The summed E-state index contributed by atoms with van der Waals surface area (Å²) in [6, 6.07) is 10.8. The Bertz CT molecular complexity index is 355. The number of piperidine rings is 1. The summed E-state index contributed by atoms with van der Waals surface area (Å²) in [7, 11) is 0. The number of hydrogen-bond acceptors (Lipinski definition) is 3. The Hall–Kier alpha value is -1.06. The van der Waals surface area contributed by atoms with Crippen LogP contribution >= 0.6 is 0 Å². The predicted octanol–water partition coefficient (Wildman–Crippen LogP) is 2.39. The Balaban J connectivity index is 1.67. The summed E-state index contributed by atoms with van der Waals surface area (Å²) >= 11 is 0. The average molecular weight is 262 g/mol. The van der Waals surface area contributed by atoms with Crippen LogP contribution < -0.4 is 10.1 Å². The second-order valence-corrected chi connectivity index (χ2v) is 5.39. The van der Waals surface area contributed by atoms with E-state index in [0.29, 0.717) is 6.04 Å². The van der Waals surface area contributed by atoms with E-state index >= 15 is 0 Å². The predicted molar refractivity (Wildman–Crippen MR) is 79.6 cm³/mol. The van der Waals surface area contributed by atoms with Crippen LogP contribution in [-0.2, 0) is 0 Å². The Morgan fingerprint density at radius 1 is 1.32 bits per heavy atom. The second-order valence-electron chi connectivity index (χ2n) is 5.39. The van der Waals surface area contributed by atoms with Crippen LogP contribution in [0.2, 0.25) is 0 Å². The highest BCUT2D eigenvalue weighted by Gasteiger charge is 2.24. The molecule has 1 heterocycles. The average Bonchev–Trinajstić information content (AvgIpc) is 2.43. The lowest BCUT2D eigenvalue weighted by Crippen LogP contribution is -2.49. The molecule has 0 amide bonds. The number of hydrogen-bond donors (Lipinski definition) is 1. The third-order valence-electron chi connectivity index (χ3n) is 3.88. The normalized spacial score (nSPS) is 24.3. The van der Waals surface area contributed by atoms with Gasteiger partial charge in [0, 0.05) is 19.1 Å². The lowest BCUT2D eigenvalue weighted by atomic mass is 9.94. The molecule has 0 aliphatic carbocycles. The van der Waals surface area contributed by atoms with Crippen molar-refractivity contribution in [2.75, 3.05) is 32.8 Å². The SMILES string of the molecule is CCNC1CCN(CCOc2ccccc2)CC1C. The summed E-state index contributed by atoms with van der Waals surface area (Å²) in [6.07, 6.45) is 1.25. The summed E-state index contributed by atoms with van der Waals surface area (Å²) in [5, 5.41) is 3.58. The molecule has 0 spiro atoms. The molecule has 1 saturated heterocycles. The molecule has 1 aliphatic rings. The molecule has 3 heteroatoms. The molecule has 19 heavy (non-hydrogen) atoms. The second kappa shape index (κ2) is 7.51. The molecule has 106 valence electrons. The van der Waals surface area contributed by atoms with E-state index in [9.17, 15) is 0 Å². The summed E-state index contributed by atoms with van der Waals surface area (Å²) in [5.41, 5.74) is 0. The van der Waals surface area contributed by atoms with Crippen molar-refractivity contribution in [1.82, 2.24) is 10.2 Å². The minimum atomic E-state index is 0.691. The molecule has 1 fully saturated rings. The number of rotatable bonds is 6. The minimum Gasteiger partial charge on any atom is -0.492 e. The maximum atomic E-state index is 5.76. The van der Waals surface area contributed by atoms with Gasteiger partial charge in [-0.05, 0) is 37.6 Å². The Morgan fingerprint density at radius 3 is 2.79 bits per heavy atom. The number of ether oxygens (including phenoxy) is 1. The van der Waals surface area contributed by atoms with Crippen LogP contribution in [0.3, 0.4) is 0 Å². The van der Waals surface area contributed by atoms with Gasteiger partial charge in [0.15, 0.2) is 0 Å². The lowest BCUT2D eigenvalue weighted by molar-refractivity contribution is 0.128. The highest BCUT2D eigenvalue weighted by Crippen LogP contribution is 2.16. The summed E-state index contributed by atoms with van der Waals surface area (Å²) in [5.74, 6) is 1.70. The Morgan fingerprint density at radius 2 is 2.11 bits per heavy atom. The van der Waals surface area contributed by atoms with Crippen molar-refractivity contribution >= 4 is 0 Å². The van der Waals surface area contributed by atoms with Crippen molar-refractivity contribution in [1.29, 1.82) is 0 Å². The van der Waals surface area contributed by atoms with Crippen LogP contribution in [0.25, 0.3) is 0 Å². The molecule has 2 atom stereocenters. The van der Waals surface area contributed by atoms with Crippen molar-refractivity contribution in [2.24, 2.45) is 5.92 Å². The van der Waals surface area contributed by atoms with Crippen LogP contribution in [0.1, 0.15) is 20.3 Å². The molecule has 1 aromatic rings. The lowest BCUT2D eigenvalue weighted by Gasteiger charge is -2.37. The number of nitrogens with zero attached hydrogens (tertiary/aromatic N) is 1. The van der Waals surface area contributed by atoms with Crippen molar-refractivity contribution in [3.63, 3.8) is 0 Å². The smallest absolute Gasteiger partial charge is 0.119 e. The molecular weight excluding hydrogens is 236 g/mol. The van der Waals surface area contributed by atoms with Gasteiger partial charge >= 0.3 is 0 Å². The van der Waals surface area contributed by atoms with E-state index in [4.69, 9.17) is 4.74 Å². The van der Waals surface area contributed by atoms with Crippen molar-refractivity contribution in [2.45, 2.75) is 26.3 Å². The van der Waals surface area contributed by atoms with Gasteiger partial charge in [0.2, 0.25) is 0 Å². The van der Waals surface area contributed by atoms with Gasteiger partial charge in [0.05, 0.1) is 0 Å². The van der Waals surface area contributed by atoms with Crippen LogP contribution in [0.15, 0.2) is 30.3 Å². The quantitative estimate of drug-likeness (QED) is 0.852. The maximum absolute atomic E-state index is 5.76. The van der Waals surface area contributed by atoms with Gasteiger partial charge in [-0.2, -0.15) is 0 Å². The molecule has 0 aromatic heterocycles. The fourth-order valence-electron chi connectivity index (χ4n) is 2.81. The highest BCUT2D eigenvalue weighted by molar-refractivity contribution is 5.20. The monoisotopic (exact) mass is 262 g/mol. The molecule has 1 N–H and O–H groups in total. The fraction of sp³-hybridized carbons (Fsp3) is 0.625. The first-order chi connectivity index (χ1) is 9.29. The third kappa shape index (κ3) is 4.51. The van der Waals surface area contributed by atoms with Crippen LogP contribution in [0.4, 0.5) is 0 Å². The summed E-state index contributed by atoms with van der Waals surface area (Å²) in [6.45, 7) is 9.77. The van der Waals surface area contributed by atoms with E-state index < -0.39 is 0 Å². The summed E-state index contributed by atoms with van der Waals surface area (Å²) in [4.78, 5) is 2.52. The Labute approximate surface area is 116 Å². The van der Waals surface area contributed by atoms with Crippen LogP contribution in [-0.4, -0.2) is 43.7 Å². The first-order valence-corrected chi connectivity index (χ1v) is 7.43. The van der Waals surface area contributed by atoms with Gasteiger partial charge in [-0.1, -0.05) is 32.0 Å². The van der Waals surface area contributed by atoms with Gasteiger partial charge in [-0.15, -0.1) is 0 Å². The molecule has 1 aromatic carbocycles. The van der Waals surface area contributed by atoms with Crippen molar-refractivity contribution in [3.8, 4) is 5.75 Å². The van der Waals surface area contributed by atoms with Gasteiger partial charge in [0.25, 0.3) is 0 Å². The van der Waals surface area contributed by atoms with Crippen molar-refractivity contribution < 1.29 is 4.74 Å². The fourth-order valence-corrected chi connectivity index (χ4v) is 2.81. The number of likely N-dealkylation sites (tertiary alicyclic amines) is 1. The largest absolute Gasteiger partial charge is 0.492 e. The van der Waals surface area contributed by atoms with E-state index in [0.717, 1.165) is 31.4 Å². The first kappa shape index (κ1) is 14.4. The van der Waals surface area contributed by atoms with Crippen LogP contribution in [0, 0.1) is 5.92 Å². The first-order valence-electron chi connectivity index (χ1n) is 7.43. The van der Waals surface area contributed by atoms with Gasteiger partial charge in [-0.25, -0.2) is 0 Å². The zero-order valence-electron chi connectivity index (χ0n) is 12.1. The minimum absolute atomic E-state index is 0.691. The molecule has 2 rings (SSSR count). The van der Waals surface area contributed by atoms with Crippen molar-refractivity contribution in [3.05, 3.63) is 30.3 Å². The maximum Gasteiger partial charge on any atom is 0.119 e. The number of para-hydroxylation sites is 1. The third-order valence-corrected chi connectivity index (χ3v) is 3.88. The van der Waals surface area contributed by atoms with Gasteiger partial charge in [-0.3, -0.25) is 4.90 Å². The van der Waals surface area contributed by atoms with Gasteiger partial charge < -0.3 is 10.1 Å². The van der Waals surface area contributed by atoms with Gasteiger partial charge in [0.1, 0.15) is 12.4 Å². The van der Waals surface area contributed by atoms with E-state index in [1.807, 2.05) is 30.3 Å². The highest BCUT2D eigenvalue weighted by atomic mass is 16.5. The van der Waals surface area contributed by atoms with E-state index in [1.165, 1.54) is 19.5 Å². The molecule has 2 unspecified atom stereocenters. The zero-order chi connectivity index (χ0) is 13.5. The summed E-state index contributed by atoms with van der Waals surface area (Å²) < 4.78 is 5.76. The van der Waals surface area contributed by atoms with E-state index in [2.05, 4.69) is 24.1 Å².